The van der Waals surface area contributed by atoms with Crippen LogP contribution in [-0.2, 0) is 9.84 Å². The second-order valence-electron chi connectivity index (χ2n) is 4.28. The molecule has 1 saturated heterocycles. The number of carbonyl (C=O) groups is 1. The van der Waals surface area contributed by atoms with Crippen LogP contribution >= 0.6 is 0 Å². The van der Waals surface area contributed by atoms with Gasteiger partial charge in [-0.1, -0.05) is 0 Å². The molecule has 0 bridgehead atoms. The van der Waals surface area contributed by atoms with Gasteiger partial charge in [0.2, 0.25) is 0 Å². The molecule has 0 aromatic heterocycles. The number of aliphatic hydroxyl groups is 1. The zero-order valence-corrected chi connectivity index (χ0v) is 10.2. The number of aliphatic hydroxyl groups excluding tert-OH is 1. The first-order valence-electron chi connectivity index (χ1n) is 5.36. The van der Waals surface area contributed by atoms with E-state index in [4.69, 9.17) is 5.11 Å². The lowest BCUT2D eigenvalue weighted by Gasteiger charge is -2.16. The molecule has 0 spiro atoms. The first-order valence-corrected chi connectivity index (χ1v) is 7.18. The van der Waals surface area contributed by atoms with Crippen LogP contribution in [0.3, 0.4) is 0 Å². The Hall–Kier alpha value is -1.60. The number of carboxylic acid groups (broad SMARTS) is 1. The van der Waals surface area contributed by atoms with Crippen LogP contribution in [0.1, 0.15) is 10.4 Å². The summed E-state index contributed by atoms with van der Waals surface area (Å²) in [6, 6.07) is 5.37. The Labute approximate surface area is 104 Å². The smallest absolute Gasteiger partial charge is 0.335 e. The monoisotopic (exact) mass is 271 g/mol. The van der Waals surface area contributed by atoms with Crippen molar-refractivity contribution in [2.45, 2.75) is 12.1 Å². The van der Waals surface area contributed by atoms with Gasteiger partial charge in [-0.25, -0.2) is 13.2 Å². The van der Waals surface area contributed by atoms with Crippen LogP contribution in [0.15, 0.2) is 24.3 Å². The van der Waals surface area contributed by atoms with Gasteiger partial charge >= 0.3 is 5.97 Å². The molecule has 7 heteroatoms. The Kier molecular flexibility index (Phi) is 3.27. The predicted octanol–water partition coefficient (Wildman–Crippen LogP) is -0.0454. The Balaban J connectivity index is 2.08. The Morgan fingerprint density at radius 3 is 2.28 bits per heavy atom. The summed E-state index contributed by atoms with van der Waals surface area (Å²) in [5.74, 6) is -1.38. The molecule has 1 heterocycles. The summed E-state index contributed by atoms with van der Waals surface area (Å²) in [5.41, 5.74) is 0.737. The average Bonchev–Trinajstić information content (AvgIpc) is 2.52. The van der Waals surface area contributed by atoms with Crippen molar-refractivity contribution >= 4 is 21.5 Å². The number of carboxylic acids is 1. The number of anilines is 1. The second kappa shape index (κ2) is 4.58. The first-order chi connectivity index (χ1) is 8.37. The second-order valence-corrected chi connectivity index (χ2v) is 6.43. The maximum Gasteiger partial charge on any atom is 0.335 e. The normalized spacial score (nSPS) is 25.8. The lowest BCUT2D eigenvalue weighted by molar-refractivity contribution is 0.0697. The van der Waals surface area contributed by atoms with Crippen LogP contribution in [0.5, 0.6) is 0 Å². The maximum atomic E-state index is 11.3. The van der Waals surface area contributed by atoms with E-state index in [9.17, 15) is 18.3 Å². The Morgan fingerprint density at radius 1 is 1.22 bits per heavy atom. The van der Waals surface area contributed by atoms with E-state index < -0.39 is 28.0 Å². The number of hydrogen-bond donors (Lipinski definition) is 3. The zero-order valence-electron chi connectivity index (χ0n) is 9.41. The molecule has 1 aromatic rings. The summed E-state index contributed by atoms with van der Waals surface area (Å²) in [5, 5.41) is 21.2. The molecule has 3 N–H and O–H groups in total. The summed E-state index contributed by atoms with van der Waals surface area (Å²) in [6.45, 7) is 0. The highest BCUT2D eigenvalue weighted by Crippen LogP contribution is 2.18. The van der Waals surface area contributed by atoms with E-state index in [2.05, 4.69) is 5.32 Å². The Morgan fingerprint density at radius 2 is 1.83 bits per heavy atom. The van der Waals surface area contributed by atoms with Gasteiger partial charge in [0, 0.05) is 5.69 Å². The van der Waals surface area contributed by atoms with Gasteiger partial charge in [-0.2, -0.15) is 0 Å². The zero-order chi connectivity index (χ0) is 13.3. The molecule has 18 heavy (non-hydrogen) atoms. The van der Waals surface area contributed by atoms with E-state index in [1.807, 2.05) is 0 Å². The van der Waals surface area contributed by atoms with Crippen molar-refractivity contribution in [3.8, 4) is 0 Å². The van der Waals surface area contributed by atoms with Gasteiger partial charge in [-0.15, -0.1) is 0 Å². The lowest BCUT2D eigenvalue weighted by atomic mass is 10.1. The third kappa shape index (κ3) is 2.80. The number of aromatic carboxylic acids is 1. The third-order valence-corrected chi connectivity index (χ3v) is 4.52. The fraction of sp³-hybridized carbons (Fsp3) is 0.364. The summed E-state index contributed by atoms with van der Waals surface area (Å²) in [6.07, 6.45) is -0.936. The van der Waals surface area contributed by atoms with Gasteiger partial charge in [-0.3, -0.25) is 0 Å². The van der Waals surface area contributed by atoms with Crippen molar-refractivity contribution in [3.63, 3.8) is 0 Å². The van der Waals surface area contributed by atoms with E-state index in [1.165, 1.54) is 12.1 Å². The summed E-state index contributed by atoms with van der Waals surface area (Å²) in [7, 11) is -3.19. The fourth-order valence-corrected chi connectivity index (χ4v) is 3.63. The number of hydrogen-bond acceptors (Lipinski definition) is 5. The number of rotatable bonds is 3. The topological polar surface area (TPSA) is 104 Å². The predicted molar refractivity (Wildman–Crippen MR) is 65.5 cm³/mol. The fourth-order valence-electron chi connectivity index (χ4n) is 1.89. The minimum atomic E-state index is -3.19. The molecule has 2 atom stereocenters. The highest BCUT2D eigenvalue weighted by molar-refractivity contribution is 7.91. The quantitative estimate of drug-likeness (QED) is 0.712. The first kappa shape index (κ1) is 12.8. The molecule has 1 aliphatic rings. The van der Waals surface area contributed by atoms with Crippen molar-refractivity contribution in [2.75, 3.05) is 16.8 Å². The third-order valence-electron chi connectivity index (χ3n) is 2.81. The van der Waals surface area contributed by atoms with Gasteiger partial charge < -0.3 is 15.5 Å². The summed E-state index contributed by atoms with van der Waals surface area (Å²) >= 11 is 0. The molecule has 98 valence electrons. The summed E-state index contributed by atoms with van der Waals surface area (Å²) < 4.78 is 22.6. The SMILES string of the molecule is O=C(O)c1ccc(NC2CS(=O)(=O)CC2O)cc1. The molecule has 0 amide bonds. The Bertz CT molecular complexity index is 551. The van der Waals surface area contributed by atoms with Crippen molar-refractivity contribution in [3.05, 3.63) is 29.8 Å². The number of benzene rings is 1. The molecule has 2 rings (SSSR count). The van der Waals surface area contributed by atoms with E-state index >= 15 is 0 Å². The highest BCUT2D eigenvalue weighted by Gasteiger charge is 2.36. The molecular weight excluding hydrogens is 258 g/mol. The van der Waals surface area contributed by atoms with Crippen LogP contribution in [-0.4, -0.2) is 48.3 Å². The van der Waals surface area contributed by atoms with Crippen LogP contribution in [0, 0.1) is 0 Å². The average molecular weight is 271 g/mol. The van der Waals surface area contributed by atoms with E-state index in [0.29, 0.717) is 5.69 Å². The van der Waals surface area contributed by atoms with Crippen molar-refractivity contribution < 1.29 is 23.4 Å². The molecule has 2 unspecified atom stereocenters. The molecule has 6 nitrogen and oxygen atoms in total. The van der Waals surface area contributed by atoms with Crippen LogP contribution in [0.2, 0.25) is 0 Å². The summed E-state index contributed by atoms with van der Waals surface area (Å²) in [4.78, 5) is 10.7. The number of sulfone groups is 1. The highest BCUT2D eigenvalue weighted by atomic mass is 32.2. The van der Waals surface area contributed by atoms with Gasteiger partial charge in [0.05, 0.1) is 29.2 Å². The molecule has 1 aromatic carbocycles. The van der Waals surface area contributed by atoms with Gasteiger partial charge in [-0.05, 0) is 24.3 Å². The van der Waals surface area contributed by atoms with Gasteiger partial charge in [0.1, 0.15) is 0 Å². The molecular formula is C11H13NO5S. The lowest BCUT2D eigenvalue weighted by Crippen LogP contribution is -2.31. The molecule has 0 radical (unpaired) electrons. The van der Waals surface area contributed by atoms with Crippen molar-refractivity contribution in [1.82, 2.24) is 0 Å². The maximum absolute atomic E-state index is 11.3. The number of nitrogens with one attached hydrogen (secondary N) is 1. The molecule has 0 saturated carbocycles. The van der Waals surface area contributed by atoms with E-state index in [-0.39, 0.29) is 17.1 Å². The van der Waals surface area contributed by atoms with E-state index in [0.717, 1.165) is 0 Å². The largest absolute Gasteiger partial charge is 0.478 e. The minimum Gasteiger partial charge on any atom is -0.478 e. The van der Waals surface area contributed by atoms with Crippen molar-refractivity contribution in [2.24, 2.45) is 0 Å². The van der Waals surface area contributed by atoms with Crippen LogP contribution < -0.4 is 5.32 Å². The van der Waals surface area contributed by atoms with Gasteiger partial charge in [0.25, 0.3) is 0 Å². The van der Waals surface area contributed by atoms with Crippen molar-refractivity contribution in [1.29, 1.82) is 0 Å². The molecule has 1 fully saturated rings. The standard InChI is InChI=1S/C11H13NO5S/c13-10-6-18(16,17)5-9(10)12-8-3-1-7(2-4-8)11(14)15/h1-4,9-10,12-13H,5-6H2,(H,14,15). The van der Waals surface area contributed by atoms with Gasteiger partial charge in [0.15, 0.2) is 9.84 Å². The van der Waals surface area contributed by atoms with Crippen LogP contribution in [0.25, 0.3) is 0 Å². The minimum absolute atomic E-state index is 0.116. The molecule has 0 aliphatic carbocycles. The molecule has 1 aliphatic heterocycles. The van der Waals surface area contributed by atoms with E-state index in [1.54, 1.807) is 12.1 Å². The van der Waals surface area contributed by atoms with Crippen LogP contribution in [0.4, 0.5) is 5.69 Å².